The monoisotopic (exact) mass is 182 g/mol. The Bertz CT molecular complexity index is 244. The van der Waals surface area contributed by atoms with Gasteiger partial charge in [-0.25, -0.2) is 8.78 Å². The molecular formula is C6H6F4N2. The van der Waals surface area contributed by atoms with Crippen LogP contribution in [-0.2, 0) is 0 Å². The van der Waals surface area contributed by atoms with Gasteiger partial charge in [-0.05, 0) is 6.92 Å². The molecule has 0 radical (unpaired) electrons. The average molecular weight is 182 g/mol. The molecule has 68 valence electrons. The topological polar surface area (TPSA) is 24.7 Å². The molecule has 0 bridgehead atoms. The molecule has 1 aliphatic rings. The van der Waals surface area contributed by atoms with Crippen molar-refractivity contribution in [3.63, 3.8) is 0 Å². The van der Waals surface area contributed by atoms with Crippen molar-refractivity contribution in [3.8, 4) is 0 Å². The van der Waals surface area contributed by atoms with Crippen LogP contribution in [0.1, 0.15) is 13.3 Å². The fraction of sp³-hybridized carbons (Fsp3) is 0.667. The number of rotatable bonds is 2. The average Bonchev–Trinajstić information content (AvgIpc) is 2.35. The molecule has 0 fully saturated rings. The Morgan fingerprint density at radius 3 is 2.25 bits per heavy atom. The van der Waals surface area contributed by atoms with Crippen molar-refractivity contribution in [2.24, 2.45) is 10.2 Å². The molecule has 0 saturated heterocycles. The highest BCUT2D eigenvalue weighted by molar-refractivity contribution is 6.09. The first-order valence-electron chi connectivity index (χ1n) is 3.21. The van der Waals surface area contributed by atoms with Gasteiger partial charge >= 0.3 is 12.3 Å². The number of hydrogen-bond donors (Lipinski definition) is 0. The molecule has 1 aliphatic heterocycles. The third-order valence-electron chi connectivity index (χ3n) is 1.42. The molecule has 12 heavy (non-hydrogen) atoms. The normalized spacial score (nSPS) is 18.2. The first kappa shape index (κ1) is 9.15. The van der Waals surface area contributed by atoms with Crippen LogP contribution in [0.15, 0.2) is 10.2 Å². The second-order valence-electron chi connectivity index (χ2n) is 2.48. The lowest BCUT2D eigenvalue weighted by atomic mass is 10.1. The van der Waals surface area contributed by atoms with Crippen molar-refractivity contribution in [2.45, 2.75) is 25.7 Å². The van der Waals surface area contributed by atoms with Crippen LogP contribution in [0.3, 0.4) is 0 Å². The van der Waals surface area contributed by atoms with Crippen LogP contribution in [0, 0.1) is 0 Å². The van der Waals surface area contributed by atoms with Crippen molar-refractivity contribution < 1.29 is 17.6 Å². The number of alkyl halides is 4. The van der Waals surface area contributed by atoms with Crippen molar-refractivity contribution in [2.75, 3.05) is 0 Å². The fourth-order valence-electron chi connectivity index (χ4n) is 0.769. The Hall–Kier alpha value is -0.940. The summed E-state index contributed by atoms with van der Waals surface area (Å²) in [4.78, 5) is 0. The van der Waals surface area contributed by atoms with Crippen molar-refractivity contribution >= 4 is 11.4 Å². The maximum absolute atomic E-state index is 12.5. The fourth-order valence-corrected chi connectivity index (χ4v) is 0.769. The van der Waals surface area contributed by atoms with E-state index in [2.05, 4.69) is 10.2 Å². The van der Waals surface area contributed by atoms with E-state index in [0.717, 1.165) is 0 Å². The summed E-state index contributed by atoms with van der Waals surface area (Å²) < 4.78 is 48.4. The Morgan fingerprint density at radius 2 is 1.92 bits per heavy atom. The smallest absolute Gasteiger partial charge is 0.203 e. The number of nitrogens with zero attached hydrogens (tertiary/aromatic N) is 2. The molecule has 0 saturated carbocycles. The second kappa shape index (κ2) is 2.84. The molecule has 0 atom stereocenters. The van der Waals surface area contributed by atoms with E-state index < -0.39 is 18.1 Å². The van der Waals surface area contributed by atoms with Crippen molar-refractivity contribution in [3.05, 3.63) is 0 Å². The summed E-state index contributed by atoms with van der Waals surface area (Å²) >= 11 is 0. The van der Waals surface area contributed by atoms with Gasteiger partial charge in [0.15, 0.2) is 0 Å². The molecule has 0 spiro atoms. The third-order valence-corrected chi connectivity index (χ3v) is 1.42. The molecule has 0 unspecified atom stereocenters. The summed E-state index contributed by atoms with van der Waals surface area (Å²) in [5.74, 6) is -4.14. The van der Waals surface area contributed by atoms with E-state index in [1.54, 1.807) is 0 Å². The first-order chi connectivity index (χ1) is 5.44. The molecular weight excluding hydrogens is 176 g/mol. The summed E-state index contributed by atoms with van der Waals surface area (Å²) in [5, 5.41) is 6.24. The summed E-state index contributed by atoms with van der Waals surface area (Å²) in [6.07, 6.45) is -3.98. The van der Waals surface area contributed by atoms with E-state index in [4.69, 9.17) is 0 Å². The van der Waals surface area contributed by atoms with Gasteiger partial charge in [0.1, 0.15) is 5.71 Å². The Balaban J connectivity index is 2.74. The van der Waals surface area contributed by atoms with Gasteiger partial charge in [0.25, 0.3) is 0 Å². The largest absolute Gasteiger partial charge is 0.347 e. The van der Waals surface area contributed by atoms with Gasteiger partial charge in [0.2, 0.25) is 0 Å². The van der Waals surface area contributed by atoms with Crippen LogP contribution in [0.4, 0.5) is 17.6 Å². The van der Waals surface area contributed by atoms with Crippen LogP contribution in [0.25, 0.3) is 0 Å². The Morgan fingerprint density at radius 1 is 1.33 bits per heavy atom. The van der Waals surface area contributed by atoms with Crippen LogP contribution >= 0.6 is 0 Å². The Labute approximate surface area is 66.0 Å². The maximum atomic E-state index is 12.5. The van der Waals surface area contributed by atoms with E-state index >= 15 is 0 Å². The van der Waals surface area contributed by atoms with Gasteiger partial charge in [0, 0.05) is 12.1 Å². The van der Waals surface area contributed by atoms with Gasteiger partial charge in [-0.15, -0.1) is 0 Å². The lowest BCUT2D eigenvalue weighted by molar-refractivity contribution is -0.0756. The zero-order valence-corrected chi connectivity index (χ0v) is 6.19. The molecule has 0 aliphatic carbocycles. The molecule has 0 amide bonds. The van der Waals surface area contributed by atoms with Crippen molar-refractivity contribution in [1.29, 1.82) is 0 Å². The van der Waals surface area contributed by atoms with E-state index in [9.17, 15) is 17.6 Å². The lowest BCUT2D eigenvalue weighted by Gasteiger charge is -2.13. The number of hydrogen-bond acceptors (Lipinski definition) is 2. The molecule has 0 aromatic rings. The van der Waals surface area contributed by atoms with Crippen molar-refractivity contribution in [1.82, 2.24) is 0 Å². The predicted molar refractivity (Wildman–Crippen MR) is 36.1 cm³/mol. The SMILES string of the molecule is CC1=NN=C(C(F)(F)C(F)F)C1. The van der Waals surface area contributed by atoms with E-state index in [0.29, 0.717) is 5.71 Å². The Kier molecular flexibility index (Phi) is 2.16. The highest BCUT2D eigenvalue weighted by atomic mass is 19.3. The van der Waals surface area contributed by atoms with Crippen LogP contribution in [0.2, 0.25) is 0 Å². The summed E-state index contributed by atoms with van der Waals surface area (Å²) in [7, 11) is 0. The van der Waals surface area contributed by atoms with Gasteiger partial charge in [-0.3, -0.25) is 0 Å². The quantitative estimate of drug-likeness (QED) is 0.584. The summed E-state index contributed by atoms with van der Waals surface area (Å²) in [6.45, 7) is 1.46. The molecule has 1 rings (SSSR count). The van der Waals surface area contributed by atoms with Gasteiger partial charge in [0.05, 0.1) is 0 Å². The molecule has 6 heteroatoms. The van der Waals surface area contributed by atoms with E-state index in [-0.39, 0.29) is 6.42 Å². The van der Waals surface area contributed by atoms with Crippen LogP contribution < -0.4 is 0 Å². The molecule has 1 heterocycles. The minimum Gasteiger partial charge on any atom is -0.203 e. The minimum atomic E-state index is -4.14. The molecule has 0 N–H and O–H groups in total. The van der Waals surface area contributed by atoms with Gasteiger partial charge in [-0.2, -0.15) is 19.0 Å². The maximum Gasteiger partial charge on any atom is 0.347 e. The molecule has 0 aromatic carbocycles. The zero-order valence-electron chi connectivity index (χ0n) is 6.19. The van der Waals surface area contributed by atoms with E-state index in [1.165, 1.54) is 6.92 Å². The molecule has 0 aromatic heterocycles. The van der Waals surface area contributed by atoms with E-state index in [1.807, 2.05) is 0 Å². The highest BCUT2D eigenvalue weighted by Gasteiger charge is 2.47. The highest BCUT2D eigenvalue weighted by Crippen LogP contribution is 2.28. The standard InChI is InChI=1S/C6H6F4N2/c1-3-2-4(12-11-3)6(9,10)5(7)8/h5H,2H2,1H3. The third kappa shape index (κ3) is 1.46. The minimum absolute atomic E-state index is 0.267. The van der Waals surface area contributed by atoms with Gasteiger partial charge in [-0.1, -0.05) is 0 Å². The van der Waals surface area contributed by atoms with Crippen LogP contribution in [0.5, 0.6) is 0 Å². The zero-order chi connectivity index (χ0) is 9.35. The van der Waals surface area contributed by atoms with Gasteiger partial charge < -0.3 is 0 Å². The second-order valence-corrected chi connectivity index (χ2v) is 2.48. The molecule has 2 nitrogen and oxygen atoms in total. The summed E-state index contributed by atoms with van der Waals surface area (Å²) in [6, 6.07) is 0. The number of halogens is 4. The first-order valence-corrected chi connectivity index (χ1v) is 3.21. The van der Waals surface area contributed by atoms with Crippen LogP contribution in [-0.4, -0.2) is 23.8 Å². The lowest BCUT2D eigenvalue weighted by Crippen LogP contribution is -2.36. The summed E-state index contributed by atoms with van der Waals surface area (Å²) in [5.41, 5.74) is -0.527. The predicted octanol–water partition coefficient (Wildman–Crippen LogP) is 2.11.